The number of methoxy groups -OCH3 is 1. The molecule has 1 aliphatic heterocycles. The third-order valence-corrected chi connectivity index (χ3v) is 5.84. The average Bonchev–Trinajstić information content (AvgIpc) is 3.00. The highest BCUT2D eigenvalue weighted by atomic mass is 32.2. The molecule has 1 aromatic rings. The van der Waals surface area contributed by atoms with Gasteiger partial charge in [-0.3, -0.25) is 14.5 Å². The fourth-order valence-corrected chi connectivity index (χ4v) is 4.17. The number of hydrogen-bond acceptors (Lipinski definition) is 7. The van der Waals surface area contributed by atoms with Gasteiger partial charge < -0.3 is 14.2 Å². The molecule has 1 amide bonds. The first kappa shape index (κ1) is 24.2. The molecule has 0 bridgehead atoms. The highest BCUT2D eigenvalue weighted by Gasteiger charge is 2.32. The molecule has 0 unspecified atom stereocenters. The van der Waals surface area contributed by atoms with Gasteiger partial charge in [0.15, 0.2) is 11.5 Å². The summed E-state index contributed by atoms with van der Waals surface area (Å²) in [7, 11) is 1.32. The second-order valence-electron chi connectivity index (χ2n) is 6.71. The maximum Gasteiger partial charge on any atom is 0.307 e. The number of nitrogens with zero attached hydrogens (tertiary/aromatic N) is 1. The molecular formula is C22H29NO5S2. The smallest absolute Gasteiger partial charge is 0.307 e. The Morgan fingerprint density at radius 2 is 1.97 bits per heavy atom. The van der Waals surface area contributed by atoms with Crippen LogP contribution in [-0.4, -0.2) is 48.0 Å². The van der Waals surface area contributed by atoms with E-state index >= 15 is 0 Å². The monoisotopic (exact) mass is 451 g/mol. The summed E-state index contributed by atoms with van der Waals surface area (Å²) in [5, 5.41) is 0. The number of amides is 1. The van der Waals surface area contributed by atoms with Gasteiger partial charge in [0, 0.05) is 6.54 Å². The Kier molecular flexibility index (Phi) is 10.2. The van der Waals surface area contributed by atoms with Crippen molar-refractivity contribution in [1.82, 2.24) is 4.90 Å². The van der Waals surface area contributed by atoms with Gasteiger partial charge in [-0.05, 0) is 37.1 Å². The molecule has 0 atom stereocenters. The van der Waals surface area contributed by atoms with Crippen molar-refractivity contribution in [3.63, 3.8) is 0 Å². The molecule has 6 nitrogen and oxygen atoms in total. The average molecular weight is 452 g/mol. The van der Waals surface area contributed by atoms with Gasteiger partial charge >= 0.3 is 5.97 Å². The molecule has 30 heavy (non-hydrogen) atoms. The van der Waals surface area contributed by atoms with Crippen LogP contribution in [0.15, 0.2) is 23.1 Å². The molecule has 0 aromatic heterocycles. The van der Waals surface area contributed by atoms with E-state index in [0.29, 0.717) is 33.9 Å². The van der Waals surface area contributed by atoms with E-state index in [1.165, 1.54) is 36.6 Å². The van der Waals surface area contributed by atoms with Crippen LogP contribution in [0, 0.1) is 0 Å². The van der Waals surface area contributed by atoms with Crippen LogP contribution < -0.4 is 9.47 Å². The van der Waals surface area contributed by atoms with E-state index in [0.717, 1.165) is 18.4 Å². The lowest BCUT2D eigenvalue weighted by Gasteiger charge is -2.13. The lowest BCUT2D eigenvalue weighted by Crippen LogP contribution is -2.30. The number of carbonyl (C=O) groups is 2. The summed E-state index contributed by atoms with van der Waals surface area (Å²) < 4.78 is 16.7. The number of carbonyl (C=O) groups excluding carboxylic acids is 2. The Labute approximate surface area is 187 Å². The van der Waals surface area contributed by atoms with E-state index in [1.807, 2.05) is 25.1 Å². The molecule has 0 radical (unpaired) electrons. The molecule has 8 heteroatoms. The van der Waals surface area contributed by atoms with Gasteiger partial charge in [-0.1, -0.05) is 56.2 Å². The highest BCUT2D eigenvalue weighted by Crippen LogP contribution is 2.35. The zero-order valence-electron chi connectivity index (χ0n) is 17.8. The van der Waals surface area contributed by atoms with E-state index in [2.05, 4.69) is 11.7 Å². The predicted octanol–water partition coefficient (Wildman–Crippen LogP) is 4.81. The number of rotatable bonds is 12. The summed E-state index contributed by atoms with van der Waals surface area (Å²) in [5.41, 5.74) is 0.824. The molecule has 1 heterocycles. The largest absolute Gasteiger partial charge is 0.490 e. The molecule has 1 fully saturated rings. The molecule has 1 aromatic carbocycles. The normalized spacial score (nSPS) is 15.0. The lowest BCUT2D eigenvalue weighted by molar-refractivity contribution is -0.140. The zero-order chi connectivity index (χ0) is 21.9. The fourth-order valence-electron chi connectivity index (χ4n) is 2.86. The van der Waals surface area contributed by atoms with Crippen LogP contribution in [0.3, 0.4) is 0 Å². The van der Waals surface area contributed by atoms with Gasteiger partial charge in [-0.25, -0.2) is 0 Å². The Hall–Kier alpha value is -2.06. The number of thiocarbonyl (C=S) groups is 1. The number of hydrogen-bond donors (Lipinski definition) is 0. The van der Waals surface area contributed by atoms with Crippen LogP contribution in [-0.2, 0) is 14.3 Å². The minimum absolute atomic E-state index is 0.106. The maximum absolute atomic E-state index is 12.7. The van der Waals surface area contributed by atoms with Gasteiger partial charge in [0.25, 0.3) is 5.91 Å². The van der Waals surface area contributed by atoms with E-state index in [-0.39, 0.29) is 24.8 Å². The third-order valence-electron chi connectivity index (χ3n) is 4.46. The number of ether oxygens (including phenoxy) is 3. The van der Waals surface area contributed by atoms with Crippen LogP contribution in [0.25, 0.3) is 6.08 Å². The topological polar surface area (TPSA) is 65.1 Å². The van der Waals surface area contributed by atoms with Gasteiger partial charge in [-0.2, -0.15) is 0 Å². The van der Waals surface area contributed by atoms with E-state index in [9.17, 15) is 9.59 Å². The van der Waals surface area contributed by atoms with E-state index in [1.54, 1.807) is 6.08 Å². The molecule has 0 saturated carbocycles. The first-order chi connectivity index (χ1) is 14.5. The summed E-state index contributed by atoms with van der Waals surface area (Å²) in [5.74, 6) is 0.779. The summed E-state index contributed by atoms with van der Waals surface area (Å²) >= 11 is 6.52. The van der Waals surface area contributed by atoms with Gasteiger partial charge in [0.1, 0.15) is 4.32 Å². The highest BCUT2D eigenvalue weighted by molar-refractivity contribution is 8.26. The standard InChI is InChI=1S/C22H29NO5S2/c1-4-6-7-8-13-28-17-10-9-16(14-18(17)27-5-2)15-19-21(25)23(22(29)30-19)12-11-20(24)26-3/h9-10,14-15H,4-8,11-13H2,1-3H3/b19-15-. The quantitative estimate of drug-likeness (QED) is 0.196. The van der Waals surface area contributed by atoms with Crippen LogP contribution in [0.4, 0.5) is 0 Å². The summed E-state index contributed by atoms with van der Waals surface area (Å²) in [4.78, 5) is 26.0. The second-order valence-corrected chi connectivity index (χ2v) is 8.38. The number of benzene rings is 1. The van der Waals surface area contributed by atoms with E-state index < -0.39 is 0 Å². The Bertz CT molecular complexity index is 794. The van der Waals surface area contributed by atoms with Crippen molar-refractivity contribution >= 4 is 46.3 Å². The number of unbranched alkanes of at least 4 members (excludes halogenated alkanes) is 3. The van der Waals surface area contributed by atoms with E-state index in [4.69, 9.17) is 21.7 Å². The Morgan fingerprint density at radius 1 is 1.17 bits per heavy atom. The van der Waals surface area contributed by atoms with Crippen LogP contribution in [0.1, 0.15) is 51.5 Å². The minimum atomic E-state index is -0.375. The minimum Gasteiger partial charge on any atom is -0.490 e. The first-order valence-electron chi connectivity index (χ1n) is 10.2. The molecular weight excluding hydrogens is 422 g/mol. The van der Waals surface area contributed by atoms with Gasteiger partial charge in [-0.15, -0.1) is 0 Å². The Balaban J connectivity index is 2.08. The van der Waals surface area contributed by atoms with Crippen LogP contribution >= 0.6 is 24.0 Å². The number of esters is 1. The third kappa shape index (κ3) is 7.02. The van der Waals surface area contributed by atoms with Gasteiger partial charge in [0.05, 0.1) is 31.6 Å². The summed E-state index contributed by atoms with van der Waals surface area (Å²) in [6.07, 6.45) is 6.44. The van der Waals surface area contributed by atoms with Crippen LogP contribution in [0.5, 0.6) is 11.5 Å². The molecule has 2 rings (SSSR count). The van der Waals surface area contributed by atoms with Crippen molar-refractivity contribution in [3.05, 3.63) is 28.7 Å². The molecule has 1 saturated heterocycles. The number of thioether (sulfide) groups is 1. The second kappa shape index (κ2) is 12.6. The van der Waals surface area contributed by atoms with Crippen LogP contribution in [0.2, 0.25) is 0 Å². The lowest BCUT2D eigenvalue weighted by atomic mass is 10.1. The molecule has 0 aliphatic carbocycles. The van der Waals surface area contributed by atoms with Crippen molar-refractivity contribution in [2.75, 3.05) is 26.9 Å². The summed E-state index contributed by atoms with van der Waals surface area (Å²) in [6, 6.07) is 5.63. The summed E-state index contributed by atoms with van der Waals surface area (Å²) in [6.45, 7) is 5.48. The molecule has 164 valence electrons. The van der Waals surface area contributed by atoms with Crippen molar-refractivity contribution in [3.8, 4) is 11.5 Å². The molecule has 0 N–H and O–H groups in total. The fraction of sp³-hybridized carbons (Fsp3) is 0.500. The maximum atomic E-state index is 12.7. The molecule has 1 aliphatic rings. The van der Waals surface area contributed by atoms with Crippen molar-refractivity contribution in [2.45, 2.75) is 46.0 Å². The van der Waals surface area contributed by atoms with Crippen molar-refractivity contribution in [2.24, 2.45) is 0 Å². The Morgan fingerprint density at radius 3 is 2.67 bits per heavy atom. The zero-order valence-corrected chi connectivity index (χ0v) is 19.4. The van der Waals surface area contributed by atoms with Crippen molar-refractivity contribution in [1.29, 1.82) is 0 Å². The SMILES string of the molecule is CCCCCCOc1ccc(/C=C2\SC(=S)N(CCC(=O)OC)C2=O)cc1OCC. The molecule has 0 spiro atoms. The van der Waals surface area contributed by atoms with Crippen molar-refractivity contribution < 1.29 is 23.8 Å². The predicted molar refractivity (Wildman–Crippen MR) is 124 cm³/mol. The first-order valence-corrected chi connectivity index (χ1v) is 11.4. The van der Waals surface area contributed by atoms with Gasteiger partial charge in [0.2, 0.25) is 0 Å².